The zero-order valence-corrected chi connectivity index (χ0v) is 13.1. The van der Waals surface area contributed by atoms with Crippen LogP contribution in [0.1, 0.15) is 6.42 Å². The van der Waals surface area contributed by atoms with Crippen LogP contribution in [0.5, 0.6) is 0 Å². The van der Waals surface area contributed by atoms with Gasteiger partial charge in [0.15, 0.2) is 0 Å². The van der Waals surface area contributed by atoms with Crippen LogP contribution >= 0.6 is 11.6 Å². The van der Waals surface area contributed by atoms with Crippen LogP contribution in [0.25, 0.3) is 0 Å². The topological polar surface area (TPSA) is 90.5 Å². The third kappa shape index (κ3) is 4.10. The van der Waals surface area contributed by atoms with E-state index in [9.17, 15) is 18.8 Å². The molecule has 0 bridgehead atoms. The highest BCUT2D eigenvalue weighted by atomic mass is 35.5. The van der Waals surface area contributed by atoms with Gasteiger partial charge in [-0.05, 0) is 18.2 Å². The monoisotopic (exact) mass is 342 g/mol. The standard InChI is InChI=1S/C14H16ClFN4O3/c1-17-12(21)7-11-13(22)18-4-5-20(11)14(23)19-8-2-3-9(15)10(16)6-8/h2-3,6,11H,4-5,7H2,1H3,(H,17,21)(H,18,22)(H,19,23)/t11-/m0/s1. The van der Waals surface area contributed by atoms with E-state index in [1.165, 1.54) is 24.1 Å². The van der Waals surface area contributed by atoms with E-state index >= 15 is 0 Å². The first-order valence-corrected chi connectivity index (χ1v) is 7.31. The van der Waals surface area contributed by atoms with Crippen LogP contribution in [-0.2, 0) is 9.59 Å². The molecular weight excluding hydrogens is 327 g/mol. The van der Waals surface area contributed by atoms with E-state index in [1.807, 2.05) is 0 Å². The van der Waals surface area contributed by atoms with Crippen LogP contribution in [-0.4, -0.2) is 48.9 Å². The van der Waals surface area contributed by atoms with E-state index in [0.717, 1.165) is 6.07 Å². The summed E-state index contributed by atoms with van der Waals surface area (Å²) in [5.41, 5.74) is 0.210. The van der Waals surface area contributed by atoms with Gasteiger partial charge < -0.3 is 20.9 Å². The molecule has 9 heteroatoms. The van der Waals surface area contributed by atoms with E-state index in [0.29, 0.717) is 0 Å². The zero-order valence-electron chi connectivity index (χ0n) is 12.4. The highest BCUT2D eigenvalue weighted by Gasteiger charge is 2.34. The number of anilines is 1. The van der Waals surface area contributed by atoms with Gasteiger partial charge in [0.25, 0.3) is 0 Å². The number of halogens is 2. The number of hydrogen-bond acceptors (Lipinski definition) is 3. The number of rotatable bonds is 3. The van der Waals surface area contributed by atoms with Gasteiger partial charge in [-0.1, -0.05) is 11.6 Å². The molecule has 1 aliphatic heterocycles. The lowest BCUT2D eigenvalue weighted by molar-refractivity contribution is -0.132. The molecule has 1 aromatic carbocycles. The van der Waals surface area contributed by atoms with Crippen molar-refractivity contribution in [2.24, 2.45) is 0 Å². The molecule has 1 aliphatic rings. The molecule has 2 rings (SSSR count). The molecule has 0 spiro atoms. The van der Waals surface area contributed by atoms with Crippen molar-refractivity contribution >= 4 is 35.1 Å². The van der Waals surface area contributed by atoms with Crippen molar-refractivity contribution in [1.82, 2.24) is 15.5 Å². The summed E-state index contributed by atoms with van der Waals surface area (Å²) in [5.74, 6) is -1.43. The predicted molar refractivity (Wildman–Crippen MR) is 82.6 cm³/mol. The molecule has 3 N–H and O–H groups in total. The first-order chi connectivity index (χ1) is 10.9. The molecule has 1 aromatic rings. The summed E-state index contributed by atoms with van der Waals surface area (Å²) in [4.78, 5) is 37.0. The lowest BCUT2D eigenvalue weighted by Gasteiger charge is -2.34. The highest BCUT2D eigenvalue weighted by molar-refractivity contribution is 6.30. The Morgan fingerprint density at radius 1 is 1.48 bits per heavy atom. The number of urea groups is 1. The maximum Gasteiger partial charge on any atom is 0.322 e. The van der Waals surface area contributed by atoms with Gasteiger partial charge in [0, 0.05) is 25.8 Å². The van der Waals surface area contributed by atoms with Crippen molar-refractivity contribution < 1.29 is 18.8 Å². The van der Waals surface area contributed by atoms with Crippen molar-refractivity contribution in [3.63, 3.8) is 0 Å². The molecule has 1 fully saturated rings. The third-order valence-electron chi connectivity index (χ3n) is 3.42. The number of carbonyl (C=O) groups is 3. The van der Waals surface area contributed by atoms with Gasteiger partial charge in [-0.2, -0.15) is 0 Å². The molecular formula is C14H16ClFN4O3. The molecule has 0 radical (unpaired) electrons. The summed E-state index contributed by atoms with van der Waals surface area (Å²) in [7, 11) is 1.45. The first kappa shape index (κ1) is 17.0. The Labute approximate surface area is 137 Å². The van der Waals surface area contributed by atoms with Gasteiger partial charge in [0.2, 0.25) is 11.8 Å². The highest BCUT2D eigenvalue weighted by Crippen LogP contribution is 2.19. The number of nitrogens with zero attached hydrogens (tertiary/aromatic N) is 1. The second kappa shape index (κ2) is 7.28. The fourth-order valence-corrected chi connectivity index (χ4v) is 2.33. The molecule has 23 heavy (non-hydrogen) atoms. The van der Waals surface area contributed by atoms with Crippen LogP contribution in [0.3, 0.4) is 0 Å². The number of benzene rings is 1. The molecule has 124 valence electrons. The molecule has 1 atom stereocenters. The molecule has 1 saturated heterocycles. The molecule has 7 nitrogen and oxygen atoms in total. The molecule has 0 aromatic heterocycles. The van der Waals surface area contributed by atoms with Gasteiger partial charge in [-0.25, -0.2) is 9.18 Å². The van der Waals surface area contributed by atoms with E-state index < -0.39 is 23.8 Å². The lowest BCUT2D eigenvalue weighted by atomic mass is 10.1. The quantitative estimate of drug-likeness (QED) is 0.763. The molecule has 0 aliphatic carbocycles. The summed E-state index contributed by atoms with van der Waals surface area (Å²) in [5, 5.41) is 7.46. The fourth-order valence-electron chi connectivity index (χ4n) is 2.21. The molecule has 0 saturated carbocycles. The van der Waals surface area contributed by atoms with Crippen LogP contribution in [0.2, 0.25) is 5.02 Å². The minimum Gasteiger partial charge on any atom is -0.359 e. The number of hydrogen-bond donors (Lipinski definition) is 3. The Morgan fingerprint density at radius 2 is 2.22 bits per heavy atom. The predicted octanol–water partition coefficient (Wildman–Crippen LogP) is 0.947. The van der Waals surface area contributed by atoms with Crippen molar-refractivity contribution in [3.8, 4) is 0 Å². The molecule has 0 unspecified atom stereocenters. The summed E-state index contributed by atoms with van der Waals surface area (Å²) >= 11 is 5.59. The number of carbonyl (C=O) groups excluding carboxylic acids is 3. The first-order valence-electron chi connectivity index (χ1n) is 6.93. The van der Waals surface area contributed by atoms with Gasteiger partial charge in [-0.15, -0.1) is 0 Å². The number of nitrogens with one attached hydrogen (secondary N) is 3. The smallest absolute Gasteiger partial charge is 0.322 e. The van der Waals surface area contributed by atoms with Gasteiger partial charge in [-0.3, -0.25) is 9.59 Å². The maximum absolute atomic E-state index is 13.4. The van der Waals surface area contributed by atoms with Crippen molar-refractivity contribution in [1.29, 1.82) is 0 Å². The average Bonchev–Trinajstić information content (AvgIpc) is 2.52. The minimum absolute atomic E-state index is 0.0576. The number of amides is 4. The normalized spacial score (nSPS) is 17.4. The van der Waals surface area contributed by atoms with Crippen molar-refractivity contribution in [3.05, 3.63) is 29.0 Å². The lowest BCUT2D eigenvalue weighted by Crippen LogP contribution is -2.59. The summed E-state index contributed by atoms with van der Waals surface area (Å²) in [6, 6.07) is 2.34. The summed E-state index contributed by atoms with van der Waals surface area (Å²) < 4.78 is 13.4. The average molecular weight is 343 g/mol. The minimum atomic E-state index is -0.916. The fraction of sp³-hybridized carbons (Fsp3) is 0.357. The van der Waals surface area contributed by atoms with Gasteiger partial charge in [0.1, 0.15) is 11.9 Å². The van der Waals surface area contributed by atoms with Gasteiger partial charge >= 0.3 is 6.03 Å². The number of piperazine rings is 1. The second-order valence-electron chi connectivity index (χ2n) is 4.94. The van der Waals surface area contributed by atoms with Crippen LogP contribution in [0.4, 0.5) is 14.9 Å². The SMILES string of the molecule is CNC(=O)C[C@H]1C(=O)NCCN1C(=O)Nc1ccc(Cl)c(F)c1. The largest absolute Gasteiger partial charge is 0.359 e. The van der Waals surface area contributed by atoms with E-state index in [-0.39, 0.29) is 36.1 Å². The van der Waals surface area contributed by atoms with Crippen molar-refractivity contribution in [2.75, 3.05) is 25.5 Å². The molecule has 1 heterocycles. The maximum atomic E-state index is 13.4. The Kier molecular flexibility index (Phi) is 5.38. The summed E-state index contributed by atoms with van der Waals surface area (Å²) in [6.45, 7) is 0.529. The Morgan fingerprint density at radius 3 is 2.87 bits per heavy atom. The van der Waals surface area contributed by atoms with E-state index in [2.05, 4.69) is 16.0 Å². The Hall–Kier alpha value is -2.35. The second-order valence-corrected chi connectivity index (χ2v) is 5.34. The van der Waals surface area contributed by atoms with Crippen LogP contribution in [0, 0.1) is 5.82 Å². The Bertz CT molecular complexity index is 640. The molecule has 4 amide bonds. The summed E-state index contributed by atoms with van der Waals surface area (Å²) in [6.07, 6.45) is -0.148. The van der Waals surface area contributed by atoms with Crippen molar-refractivity contribution in [2.45, 2.75) is 12.5 Å². The van der Waals surface area contributed by atoms with E-state index in [4.69, 9.17) is 11.6 Å². The zero-order chi connectivity index (χ0) is 17.0. The van der Waals surface area contributed by atoms with Crippen LogP contribution in [0.15, 0.2) is 18.2 Å². The van der Waals surface area contributed by atoms with E-state index in [1.54, 1.807) is 0 Å². The van der Waals surface area contributed by atoms with Gasteiger partial charge in [0.05, 0.1) is 11.4 Å². The van der Waals surface area contributed by atoms with Crippen LogP contribution < -0.4 is 16.0 Å². The Balaban J connectivity index is 2.12. The third-order valence-corrected chi connectivity index (χ3v) is 3.73.